The van der Waals surface area contributed by atoms with Crippen LogP contribution >= 0.6 is 0 Å². The first-order valence-electron chi connectivity index (χ1n) is 10.0. The molecule has 128 valence electrons. The molecule has 4 atom stereocenters. The van der Waals surface area contributed by atoms with Crippen LogP contribution in [0.3, 0.4) is 0 Å². The molecule has 0 aromatic heterocycles. The van der Waals surface area contributed by atoms with E-state index in [9.17, 15) is 0 Å². The zero-order valence-corrected chi connectivity index (χ0v) is 14.8. The molecule has 2 heteroatoms. The fourth-order valence-corrected chi connectivity index (χ4v) is 5.31. The molecule has 0 radical (unpaired) electrons. The topological polar surface area (TPSA) is 18.5 Å². The van der Waals surface area contributed by atoms with Crippen molar-refractivity contribution in [2.45, 2.75) is 90.3 Å². The summed E-state index contributed by atoms with van der Waals surface area (Å²) in [7, 11) is 0. The highest BCUT2D eigenvalue weighted by molar-refractivity contribution is 4.97. The minimum absolute atomic E-state index is 0.581. The first-order valence-corrected chi connectivity index (χ1v) is 10.0. The van der Waals surface area contributed by atoms with Crippen LogP contribution in [0.25, 0.3) is 0 Å². The highest BCUT2D eigenvalue weighted by atomic mass is 16.5. The summed E-state index contributed by atoms with van der Waals surface area (Å²) in [6.07, 6.45) is 14.4. The summed E-state index contributed by atoms with van der Waals surface area (Å²) in [5.74, 6) is 3.84. The van der Waals surface area contributed by atoms with Gasteiger partial charge in [0, 0.05) is 13.2 Å². The minimum atomic E-state index is 0.581. The molecule has 0 saturated heterocycles. The van der Waals surface area contributed by atoms with Gasteiger partial charge in [0.1, 0.15) is 0 Å². The smallest absolute Gasteiger partial charge is 0.0580 e. The molecule has 4 unspecified atom stereocenters. The van der Waals surface area contributed by atoms with Gasteiger partial charge in [0.05, 0.1) is 12.2 Å². The Morgan fingerprint density at radius 2 is 0.955 bits per heavy atom. The molecule has 0 aromatic rings. The van der Waals surface area contributed by atoms with Gasteiger partial charge in [0.2, 0.25) is 0 Å². The van der Waals surface area contributed by atoms with Crippen molar-refractivity contribution in [2.75, 3.05) is 13.2 Å². The lowest BCUT2D eigenvalue weighted by atomic mass is 9.71. The number of fused-ring (bicyclic) bond motifs is 2. The molecule has 0 bridgehead atoms. The average molecular weight is 309 g/mol. The van der Waals surface area contributed by atoms with Crippen LogP contribution in [0.5, 0.6) is 0 Å². The second-order valence-corrected chi connectivity index (χ2v) is 8.15. The molecule has 3 saturated carbocycles. The number of ether oxygens (including phenoxy) is 2. The SMILES string of the molecule is CCCCOC1CC2CC3CC(OCCCC)CC3CC2C1. The van der Waals surface area contributed by atoms with E-state index in [4.69, 9.17) is 9.47 Å². The Labute approximate surface area is 137 Å². The Morgan fingerprint density at radius 3 is 1.27 bits per heavy atom. The standard InChI is InChI=1S/C20H36O2/c1-3-5-7-21-19-11-15-9-17-13-20(22-8-6-4-2)14-18(17)10-16(15)12-19/h15-20H,3-14H2,1-2H3. The van der Waals surface area contributed by atoms with Crippen LogP contribution in [0.4, 0.5) is 0 Å². The maximum atomic E-state index is 6.12. The second-order valence-electron chi connectivity index (χ2n) is 8.15. The van der Waals surface area contributed by atoms with Crippen molar-refractivity contribution in [1.82, 2.24) is 0 Å². The van der Waals surface area contributed by atoms with E-state index in [0.29, 0.717) is 12.2 Å². The predicted molar refractivity (Wildman–Crippen MR) is 91.0 cm³/mol. The number of rotatable bonds is 8. The molecule has 0 aliphatic heterocycles. The van der Waals surface area contributed by atoms with Crippen molar-refractivity contribution in [2.24, 2.45) is 23.7 Å². The average Bonchev–Trinajstić information content (AvgIpc) is 3.07. The molecular formula is C20H36O2. The quantitative estimate of drug-likeness (QED) is 0.574. The van der Waals surface area contributed by atoms with Crippen molar-refractivity contribution < 1.29 is 9.47 Å². The van der Waals surface area contributed by atoms with Crippen molar-refractivity contribution in [3.05, 3.63) is 0 Å². The molecule has 0 amide bonds. The Balaban J connectivity index is 1.42. The highest BCUT2D eigenvalue weighted by Gasteiger charge is 2.46. The van der Waals surface area contributed by atoms with Crippen LogP contribution < -0.4 is 0 Å². The van der Waals surface area contributed by atoms with Gasteiger partial charge in [-0.1, -0.05) is 26.7 Å². The van der Waals surface area contributed by atoms with E-state index in [2.05, 4.69) is 13.8 Å². The van der Waals surface area contributed by atoms with Crippen LogP contribution in [0, 0.1) is 23.7 Å². The summed E-state index contributed by atoms with van der Waals surface area (Å²) in [6, 6.07) is 0. The van der Waals surface area contributed by atoms with Gasteiger partial charge in [-0.05, 0) is 75.0 Å². The summed E-state index contributed by atoms with van der Waals surface area (Å²) in [6.45, 7) is 6.47. The summed E-state index contributed by atoms with van der Waals surface area (Å²) < 4.78 is 12.2. The fourth-order valence-electron chi connectivity index (χ4n) is 5.31. The van der Waals surface area contributed by atoms with Gasteiger partial charge < -0.3 is 9.47 Å². The van der Waals surface area contributed by atoms with E-state index < -0.39 is 0 Å². The van der Waals surface area contributed by atoms with Crippen molar-refractivity contribution >= 4 is 0 Å². The Kier molecular flexibility index (Phi) is 6.21. The molecule has 0 N–H and O–H groups in total. The van der Waals surface area contributed by atoms with Gasteiger partial charge in [-0.2, -0.15) is 0 Å². The normalized spacial score (nSPS) is 40.6. The lowest BCUT2D eigenvalue weighted by Gasteiger charge is -2.34. The monoisotopic (exact) mass is 308 g/mol. The van der Waals surface area contributed by atoms with Crippen LogP contribution in [0.2, 0.25) is 0 Å². The van der Waals surface area contributed by atoms with E-state index >= 15 is 0 Å². The molecule has 0 aromatic carbocycles. The van der Waals surface area contributed by atoms with E-state index in [1.54, 1.807) is 0 Å². The lowest BCUT2D eigenvalue weighted by Crippen LogP contribution is -2.25. The first-order chi connectivity index (χ1) is 10.8. The molecule has 3 aliphatic rings. The Morgan fingerprint density at radius 1 is 0.591 bits per heavy atom. The minimum Gasteiger partial charge on any atom is -0.378 e. The van der Waals surface area contributed by atoms with Crippen molar-refractivity contribution in [3.63, 3.8) is 0 Å². The van der Waals surface area contributed by atoms with Gasteiger partial charge >= 0.3 is 0 Å². The zero-order chi connectivity index (χ0) is 15.4. The molecular weight excluding hydrogens is 272 g/mol. The lowest BCUT2D eigenvalue weighted by molar-refractivity contribution is 0.0483. The Hall–Kier alpha value is -0.0800. The van der Waals surface area contributed by atoms with Crippen LogP contribution in [-0.2, 0) is 9.47 Å². The molecule has 2 nitrogen and oxygen atoms in total. The van der Waals surface area contributed by atoms with Crippen molar-refractivity contribution in [1.29, 1.82) is 0 Å². The maximum absolute atomic E-state index is 6.12. The molecule has 0 heterocycles. The summed E-state index contributed by atoms with van der Waals surface area (Å²) in [5, 5.41) is 0. The van der Waals surface area contributed by atoms with E-state index in [1.165, 1.54) is 64.2 Å². The maximum Gasteiger partial charge on any atom is 0.0580 e. The Bertz CT molecular complexity index is 278. The number of hydrogen-bond donors (Lipinski definition) is 0. The largest absolute Gasteiger partial charge is 0.378 e. The van der Waals surface area contributed by atoms with Gasteiger partial charge in [-0.15, -0.1) is 0 Å². The fraction of sp³-hybridized carbons (Fsp3) is 1.00. The van der Waals surface area contributed by atoms with E-state index in [-0.39, 0.29) is 0 Å². The van der Waals surface area contributed by atoms with Gasteiger partial charge in [0.25, 0.3) is 0 Å². The van der Waals surface area contributed by atoms with Gasteiger partial charge in [0.15, 0.2) is 0 Å². The van der Waals surface area contributed by atoms with Crippen LogP contribution in [0.1, 0.15) is 78.1 Å². The second kappa shape index (κ2) is 8.15. The van der Waals surface area contributed by atoms with Crippen LogP contribution in [-0.4, -0.2) is 25.4 Å². The van der Waals surface area contributed by atoms with Gasteiger partial charge in [-0.25, -0.2) is 0 Å². The van der Waals surface area contributed by atoms with Crippen LogP contribution in [0.15, 0.2) is 0 Å². The highest BCUT2D eigenvalue weighted by Crippen LogP contribution is 2.53. The van der Waals surface area contributed by atoms with E-state index in [1.807, 2.05) is 0 Å². The molecule has 0 spiro atoms. The predicted octanol–water partition coefficient (Wildman–Crippen LogP) is 5.20. The first kappa shape index (κ1) is 16.8. The molecule has 3 rings (SSSR count). The van der Waals surface area contributed by atoms with E-state index in [0.717, 1.165) is 36.9 Å². The number of unbranched alkanes of at least 4 members (excludes halogenated alkanes) is 2. The van der Waals surface area contributed by atoms with Crippen molar-refractivity contribution in [3.8, 4) is 0 Å². The molecule has 3 fully saturated rings. The zero-order valence-electron chi connectivity index (χ0n) is 14.8. The summed E-state index contributed by atoms with van der Waals surface area (Å²) in [5.41, 5.74) is 0. The third kappa shape index (κ3) is 4.06. The third-order valence-corrected chi connectivity index (χ3v) is 6.51. The summed E-state index contributed by atoms with van der Waals surface area (Å²) >= 11 is 0. The third-order valence-electron chi connectivity index (χ3n) is 6.51. The molecule has 3 aliphatic carbocycles. The van der Waals surface area contributed by atoms with Gasteiger partial charge in [-0.3, -0.25) is 0 Å². The summed E-state index contributed by atoms with van der Waals surface area (Å²) in [4.78, 5) is 0. The number of hydrogen-bond acceptors (Lipinski definition) is 2. The molecule has 22 heavy (non-hydrogen) atoms.